The summed E-state index contributed by atoms with van der Waals surface area (Å²) in [6.45, 7) is 1.64. The van der Waals surface area contributed by atoms with Gasteiger partial charge in [-0.2, -0.15) is 0 Å². The lowest BCUT2D eigenvalue weighted by molar-refractivity contribution is 0.0184. The molecule has 11 heavy (non-hydrogen) atoms. The summed E-state index contributed by atoms with van der Waals surface area (Å²) in [5.74, 6) is 0. The van der Waals surface area contributed by atoms with Crippen molar-refractivity contribution in [3.63, 3.8) is 0 Å². The highest BCUT2D eigenvalue weighted by molar-refractivity contribution is 5.62. The zero-order valence-corrected chi connectivity index (χ0v) is 6.34. The Kier molecular flexibility index (Phi) is 5.73. The van der Waals surface area contributed by atoms with Crippen LogP contribution >= 0.6 is 0 Å². The number of aliphatic hydroxyl groups excluding tert-OH is 3. The molecule has 0 aliphatic heterocycles. The molecule has 0 aliphatic carbocycles. The molecular formula is C6H13NO4. The van der Waals surface area contributed by atoms with Crippen molar-refractivity contribution in [2.75, 3.05) is 13.2 Å². The minimum Gasteiger partial charge on any atom is -0.396 e. The highest BCUT2D eigenvalue weighted by Crippen LogP contribution is 1.88. The lowest BCUT2D eigenvalue weighted by atomic mass is 10.2. The van der Waals surface area contributed by atoms with Gasteiger partial charge < -0.3 is 20.2 Å². The van der Waals surface area contributed by atoms with Crippen molar-refractivity contribution >= 4 is 6.21 Å². The van der Waals surface area contributed by atoms with E-state index in [0.717, 1.165) is 6.21 Å². The van der Waals surface area contributed by atoms with E-state index >= 15 is 0 Å². The fourth-order valence-corrected chi connectivity index (χ4v) is 0.387. The average Bonchev–Trinajstić information content (AvgIpc) is 2.03. The van der Waals surface area contributed by atoms with E-state index in [1.165, 1.54) is 0 Å². The average molecular weight is 163 g/mol. The van der Waals surface area contributed by atoms with Crippen LogP contribution < -0.4 is 0 Å². The third-order valence-corrected chi connectivity index (χ3v) is 0.999. The molecule has 0 saturated heterocycles. The summed E-state index contributed by atoms with van der Waals surface area (Å²) < 4.78 is 0. The molecule has 0 radical (unpaired) electrons. The number of hydrogen-bond acceptors (Lipinski definition) is 5. The lowest BCUT2D eigenvalue weighted by Crippen LogP contribution is -2.30. The summed E-state index contributed by atoms with van der Waals surface area (Å²) in [7, 11) is 0. The molecule has 0 fully saturated rings. The first-order valence-corrected chi connectivity index (χ1v) is 3.34. The largest absolute Gasteiger partial charge is 0.396 e. The van der Waals surface area contributed by atoms with Crippen molar-refractivity contribution in [3.05, 3.63) is 0 Å². The normalized spacial score (nSPS) is 16.7. The third kappa shape index (κ3) is 4.72. The van der Waals surface area contributed by atoms with Crippen molar-refractivity contribution < 1.29 is 20.2 Å². The Balaban J connectivity index is 3.57. The molecule has 0 heterocycles. The van der Waals surface area contributed by atoms with Gasteiger partial charge >= 0.3 is 0 Å². The van der Waals surface area contributed by atoms with Gasteiger partial charge in [0.05, 0.1) is 12.8 Å². The van der Waals surface area contributed by atoms with E-state index in [1.807, 2.05) is 0 Å². The standard InChI is InChI=1S/C6H13NO4/c1-2-11-7-3-5(9)6(10)4-8/h3,5-6,8-10H,2,4H2,1H3/b7-3+. The highest BCUT2D eigenvalue weighted by atomic mass is 16.6. The molecule has 0 spiro atoms. The molecule has 2 unspecified atom stereocenters. The number of hydrogen-bond donors (Lipinski definition) is 3. The van der Waals surface area contributed by atoms with Gasteiger partial charge in [-0.25, -0.2) is 0 Å². The van der Waals surface area contributed by atoms with E-state index in [-0.39, 0.29) is 0 Å². The van der Waals surface area contributed by atoms with Gasteiger partial charge in [0.25, 0.3) is 0 Å². The van der Waals surface area contributed by atoms with Crippen LogP contribution in [0.4, 0.5) is 0 Å². The maximum absolute atomic E-state index is 8.91. The first kappa shape index (κ1) is 10.3. The second-order valence-electron chi connectivity index (χ2n) is 1.91. The zero-order chi connectivity index (χ0) is 8.69. The molecule has 0 aromatic heterocycles. The summed E-state index contributed by atoms with van der Waals surface area (Å²) in [5, 5.41) is 29.3. The Morgan fingerprint density at radius 3 is 2.64 bits per heavy atom. The first-order chi connectivity index (χ1) is 5.22. The van der Waals surface area contributed by atoms with Crippen LogP contribution in [-0.4, -0.2) is 47.0 Å². The van der Waals surface area contributed by atoms with Crippen LogP contribution in [0.25, 0.3) is 0 Å². The van der Waals surface area contributed by atoms with Crippen molar-refractivity contribution in [3.8, 4) is 0 Å². The van der Waals surface area contributed by atoms with Crippen molar-refractivity contribution in [1.29, 1.82) is 0 Å². The Morgan fingerprint density at radius 2 is 2.18 bits per heavy atom. The van der Waals surface area contributed by atoms with Crippen LogP contribution in [-0.2, 0) is 4.84 Å². The topological polar surface area (TPSA) is 82.3 Å². The van der Waals surface area contributed by atoms with Crippen LogP contribution in [0, 0.1) is 0 Å². The Bertz CT molecular complexity index is 117. The fraction of sp³-hybridized carbons (Fsp3) is 0.833. The Hall–Kier alpha value is -0.650. The van der Waals surface area contributed by atoms with Crippen molar-refractivity contribution in [2.24, 2.45) is 5.16 Å². The third-order valence-electron chi connectivity index (χ3n) is 0.999. The summed E-state index contributed by atoms with van der Waals surface area (Å²) in [5.41, 5.74) is 0. The van der Waals surface area contributed by atoms with Crippen LogP contribution in [0.2, 0.25) is 0 Å². The lowest BCUT2D eigenvalue weighted by Gasteiger charge is -2.09. The number of oxime groups is 1. The van der Waals surface area contributed by atoms with Gasteiger partial charge in [-0.3, -0.25) is 0 Å². The SMILES string of the molecule is CCO/N=C/C(O)C(O)CO. The van der Waals surface area contributed by atoms with Gasteiger partial charge in [-0.15, -0.1) is 0 Å². The smallest absolute Gasteiger partial charge is 0.120 e. The minimum atomic E-state index is -1.20. The molecule has 0 saturated carbocycles. The predicted octanol–water partition coefficient (Wildman–Crippen LogP) is -1.28. The molecular weight excluding hydrogens is 150 g/mol. The molecule has 0 aromatic carbocycles. The van der Waals surface area contributed by atoms with E-state index in [0.29, 0.717) is 6.61 Å². The van der Waals surface area contributed by atoms with E-state index in [2.05, 4.69) is 9.99 Å². The second-order valence-corrected chi connectivity index (χ2v) is 1.91. The van der Waals surface area contributed by atoms with E-state index in [9.17, 15) is 0 Å². The molecule has 0 aliphatic rings. The van der Waals surface area contributed by atoms with Gasteiger partial charge in [0.15, 0.2) is 0 Å². The second kappa shape index (κ2) is 6.09. The van der Waals surface area contributed by atoms with E-state index < -0.39 is 18.8 Å². The summed E-state index contributed by atoms with van der Waals surface area (Å²) >= 11 is 0. The van der Waals surface area contributed by atoms with Crippen LogP contribution in [0.3, 0.4) is 0 Å². The Labute approximate surface area is 64.9 Å². The molecule has 0 amide bonds. The zero-order valence-electron chi connectivity index (χ0n) is 6.34. The molecule has 2 atom stereocenters. The van der Waals surface area contributed by atoms with Gasteiger partial charge in [-0.05, 0) is 6.92 Å². The van der Waals surface area contributed by atoms with Crippen molar-refractivity contribution in [1.82, 2.24) is 0 Å². The first-order valence-electron chi connectivity index (χ1n) is 3.34. The summed E-state index contributed by atoms with van der Waals surface area (Å²) in [6.07, 6.45) is -1.34. The maximum Gasteiger partial charge on any atom is 0.120 e. The van der Waals surface area contributed by atoms with Gasteiger partial charge in [0.2, 0.25) is 0 Å². The minimum absolute atomic E-state index is 0.401. The number of aliphatic hydroxyl groups is 3. The predicted molar refractivity (Wildman–Crippen MR) is 39.2 cm³/mol. The van der Waals surface area contributed by atoms with Gasteiger partial charge in [0, 0.05) is 0 Å². The maximum atomic E-state index is 8.91. The fourth-order valence-electron chi connectivity index (χ4n) is 0.387. The molecule has 5 nitrogen and oxygen atoms in total. The molecule has 0 rings (SSSR count). The Morgan fingerprint density at radius 1 is 1.55 bits per heavy atom. The molecule has 0 bridgehead atoms. The molecule has 66 valence electrons. The van der Waals surface area contributed by atoms with Crippen LogP contribution in [0.1, 0.15) is 6.92 Å². The number of nitrogens with zero attached hydrogens (tertiary/aromatic N) is 1. The van der Waals surface area contributed by atoms with E-state index in [1.54, 1.807) is 6.92 Å². The molecule has 5 heteroatoms. The van der Waals surface area contributed by atoms with Crippen LogP contribution in [0.15, 0.2) is 5.16 Å². The summed E-state index contributed by atoms with van der Waals surface area (Å²) in [6, 6.07) is 0. The van der Waals surface area contributed by atoms with Crippen molar-refractivity contribution in [2.45, 2.75) is 19.1 Å². The highest BCUT2D eigenvalue weighted by Gasteiger charge is 2.11. The monoisotopic (exact) mass is 163 g/mol. The number of rotatable bonds is 5. The molecule has 3 N–H and O–H groups in total. The molecule has 0 aromatic rings. The van der Waals surface area contributed by atoms with Gasteiger partial charge in [0.1, 0.15) is 18.8 Å². The van der Waals surface area contributed by atoms with E-state index in [4.69, 9.17) is 15.3 Å². The van der Waals surface area contributed by atoms with Crippen LogP contribution in [0.5, 0.6) is 0 Å². The summed E-state index contributed by atoms with van der Waals surface area (Å²) in [4.78, 5) is 4.52. The van der Waals surface area contributed by atoms with Gasteiger partial charge in [-0.1, -0.05) is 5.16 Å². The quantitative estimate of drug-likeness (QED) is 0.348.